The van der Waals surface area contributed by atoms with Crippen LogP contribution in [0.25, 0.3) is 0 Å². The average molecular weight is 314 g/mol. The van der Waals surface area contributed by atoms with Crippen molar-refractivity contribution in [1.82, 2.24) is 4.90 Å². The molecule has 0 aliphatic carbocycles. The van der Waals surface area contributed by atoms with Crippen molar-refractivity contribution >= 4 is 22.0 Å². The highest BCUT2D eigenvalue weighted by molar-refractivity contribution is 9.10. The van der Waals surface area contributed by atoms with Gasteiger partial charge < -0.3 is 9.84 Å². The lowest BCUT2D eigenvalue weighted by molar-refractivity contribution is 0.131. The summed E-state index contributed by atoms with van der Waals surface area (Å²) in [5, 5.41) is 9.11. The van der Waals surface area contributed by atoms with E-state index < -0.39 is 5.54 Å². The number of cyclic esters (lactones) is 1. The van der Waals surface area contributed by atoms with E-state index in [-0.39, 0.29) is 12.7 Å². The summed E-state index contributed by atoms with van der Waals surface area (Å²) in [7, 11) is 0. The van der Waals surface area contributed by atoms with Crippen molar-refractivity contribution < 1.29 is 14.6 Å². The number of carbonyl (C=O) groups is 1. The van der Waals surface area contributed by atoms with Gasteiger partial charge >= 0.3 is 6.09 Å². The van der Waals surface area contributed by atoms with Gasteiger partial charge in [0.1, 0.15) is 6.61 Å². The fourth-order valence-corrected chi connectivity index (χ4v) is 2.50. The average Bonchev–Trinajstić information content (AvgIpc) is 2.61. The van der Waals surface area contributed by atoms with E-state index in [9.17, 15) is 4.79 Å². The second-order valence-electron chi connectivity index (χ2n) is 4.70. The smallest absolute Gasteiger partial charge is 0.410 e. The van der Waals surface area contributed by atoms with E-state index in [1.807, 2.05) is 31.2 Å². The number of rotatable bonds is 4. The van der Waals surface area contributed by atoms with Gasteiger partial charge in [0.15, 0.2) is 0 Å². The van der Waals surface area contributed by atoms with Gasteiger partial charge in [0.05, 0.1) is 12.1 Å². The number of amides is 1. The fraction of sp³-hybridized carbons (Fsp3) is 0.462. The Morgan fingerprint density at radius 2 is 2.22 bits per heavy atom. The normalized spacial score (nSPS) is 23.3. The lowest BCUT2D eigenvalue weighted by atomic mass is 9.97. The Morgan fingerprint density at radius 3 is 2.89 bits per heavy atom. The maximum Gasteiger partial charge on any atom is 0.410 e. The Bertz CT molecular complexity index is 452. The van der Waals surface area contributed by atoms with Crippen molar-refractivity contribution in [2.24, 2.45) is 0 Å². The number of ether oxygens (including phenoxy) is 1. The van der Waals surface area contributed by atoms with Crippen LogP contribution in [0, 0.1) is 0 Å². The third-order valence-electron chi connectivity index (χ3n) is 3.32. The number of nitrogens with zero attached hydrogens (tertiary/aromatic N) is 1. The van der Waals surface area contributed by atoms with Crippen LogP contribution < -0.4 is 0 Å². The number of aliphatic hydroxyl groups is 1. The third-order valence-corrected chi connectivity index (χ3v) is 4.09. The molecule has 0 radical (unpaired) electrons. The Morgan fingerprint density at radius 1 is 1.50 bits per heavy atom. The Labute approximate surface area is 115 Å². The van der Waals surface area contributed by atoms with Gasteiger partial charge in [-0.3, -0.25) is 4.90 Å². The molecule has 1 heterocycles. The summed E-state index contributed by atoms with van der Waals surface area (Å²) in [5.41, 5.74) is 0.599. The minimum Gasteiger partial charge on any atom is -0.447 e. The lowest BCUT2D eigenvalue weighted by Crippen LogP contribution is -2.44. The van der Waals surface area contributed by atoms with Crippen LogP contribution in [0.15, 0.2) is 28.7 Å². The quantitative estimate of drug-likeness (QED) is 0.929. The highest BCUT2D eigenvalue weighted by atomic mass is 79.9. The van der Waals surface area contributed by atoms with Crippen LogP contribution in [-0.4, -0.2) is 34.9 Å². The first-order chi connectivity index (χ1) is 8.57. The molecule has 1 unspecified atom stereocenters. The van der Waals surface area contributed by atoms with Crippen molar-refractivity contribution in [3.8, 4) is 0 Å². The second-order valence-corrected chi connectivity index (χ2v) is 5.56. The first kappa shape index (κ1) is 13.4. The number of aliphatic hydroxyl groups excluding tert-OH is 1. The number of halogens is 1. The minimum absolute atomic E-state index is 0.0413. The molecule has 1 aliphatic heterocycles. The first-order valence-corrected chi connectivity index (χ1v) is 6.65. The van der Waals surface area contributed by atoms with E-state index in [1.54, 1.807) is 4.90 Å². The summed E-state index contributed by atoms with van der Waals surface area (Å²) in [6.07, 6.45) is 0.199. The molecule has 1 fully saturated rings. The molecule has 1 aromatic carbocycles. The Balaban J connectivity index is 2.21. The molecule has 0 bridgehead atoms. The van der Waals surface area contributed by atoms with E-state index in [1.165, 1.54) is 0 Å². The van der Waals surface area contributed by atoms with E-state index in [2.05, 4.69) is 15.9 Å². The van der Waals surface area contributed by atoms with E-state index in [0.717, 1.165) is 10.0 Å². The molecule has 4 nitrogen and oxygen atoms in total. The van der Waals surface area contributed by atoms with Crippen LogP contribution >= 0.6 is 15.9 Å². The molecule has 1 aromatic rings. The van der Waals surface area contributed by atoms with Crippen molar-refractivity contribution in [3.63, 3.8) is 0 Å². The van der Waals surface area contributed by atoms with Gasteiger partial charge in [-0.05, 0) is 25.0 Å². The summed E-state index contributed by atoms with van der Waals surface area (Å²) >= 11 is 3.47. The van der Waals surface area contributed by atoms with Gasteiger partial charge in [-0.15, -0.1) is 0 Å². The van der Waals surface area contributed by atoms with E-state index >= 15 is 0 Å². The zero-order chi connectivity index (χ0) is 13.2. The van der Waals surface area contributed by atoms with Gasteiger partial charge in [0.25, 0.3) is 0 Å². The van der Waals surface area contributed by atoms with Crippen molar-refractivity contribution in [3.05, 3.63) is 34.3 Å². The topological polar surface area (TPSA) is 49.8 Å². The van der Waals surface area contributed by atoms with Crippen molar-refractivity contribution in [1.29, 1.82) is 0 Å². The highest BCUT2D eigenvalue weighted by Crippen LogP contribution is 2.30. The summed E-state index contributed by atoms with van der Waals surface area (Å²) < 4.78 is 6.07. The number of carbonyl (C=O) groups excluding carboxylic acids is 1. The second kappa shape index (κ2) is 5.28. The molecule has 98 valence electrons. The number of benzene rings is 1. The fourth-order valence-electron chi connectivity index (χ4n) is 2.09. The predicted molar refractivity (Wildman–Crippen MR) is 71.1 cm³/mol. The predicted octanol–water partition coefficient (Wildman–Crippen LogP) is 2.54. The van der Waals surface area contributed by atoms with Crippen molar-refractivity contribution in [2.45, 2.75) is 25.4 Å². The monoisotopic (exact) mass is 313 g/mol. The summed E-state index contributed by atoms with van der Waals surface area (Å²) in [6, 6.07) is 7.78. The molecular weight excluding hydrogens is 298 g/mol. The lowest BCUT2D eigenvalue weighted by Gasteiger charge is -2.31. The standard InChI is InChI=1S/C13H16BrNO3/c1-13(6-7-16)9-18-12(17)15(13)8-10-4-2-3-5-11(10)14/h2-5,16H,6-9H2,1H3. The van der Waals surface area contributed by atoms with Gasteiger partial charge in [0, 0.05) is 11.1 Å². The Kier molecular flexibility index (Phi) is 3.92. The molecule has 1 saturated heterocycles. The highest BCUT2D eigenvalue weighted by Gasteiger charge is 2.43. The molecular formula is C13H16BrNO3. The molecule has 2 rings (SSSR count). The summed E-state index contributed by atoms with van der Waals surface area (Å²) in [6.45, 7) is 2.79. The first-order valence-electron chi connectivity index (χ1n) is 5.85. The van der Waals surface area contributed by atoms with Gasteiger partial charge in [0.2, 0.25) is 0 Å². The van der Waals surface area contributed by atoms with E-state index in [0.29, 0.717) is 19.6 Å². The van der Waals surface area contributed by atoms with Crippen LogP contribution in [0.2, 0.25) is 0 Å². The van der Waals surface area contributed by atoms with Crippen LogP contribution in [-0.2, 0) is 11.3 Å². The molecule has 0 spiro atoms. The van der Waals surface area contributed by atoms with Crippen LogP contribution in [0.4, 0.5) is 4.79 Å². The van der Waals surface area contributed by atoms with Crippen LogP contribution in [0.5, 0.6) is 0 Å². The maximum atomic E-state index is 11.8. The Hall–Kier alpha value is -1.07. The molecule has 18 heavy (non-hydrogen) atoms. The van der Waals surface area contributed by atoms with Gasteiger partial charge in [-0.25, -0.2) is 4.79 Å². The summed E-state index contributed by atoms with van der Waals surface area (Å²) in [5.74, 6) is 0. The molecule has 1 N–H and O–H groups in total. The van der Waals surface area contributed by atoms with Crippen molar-refractivity contribution in [2.75, 3.05) is 13.2 Å². The summed E-state index contributed by atoms with van der Waals surface area (Å²) in [4.78, 5) is 13.5. The van der Waals surface area contributed by atoms with Crippen LogP contribution in [0.1, 0.15) is 18.9 Å². The van der Waals surface area contributed by atoms with Gasteiger partial charge in [-0.2, -0.15) is 0 Å². The van der Waals surface area contributed by atoms with Crippen LogP contribution in [0.3, 0.4) is 0 Å². The molecule has 1 aliphatic rings. The SMILES string of the molecule is CC1(CCO)COC(=O)N1Cc1ccccc1Br. The van der Waals surface area contributed by atoms with E-state index in [4.69, 9.17) is 9.84 Å². The zero-order valence-corrected chi connectivity index (χ0v) is 11.8. The molecule has 0 aromatic heterocycles. The largest absolute Gasteiger partial charge is 0.447 e. The van der Waals surface area contributed by atoms with Gasteiger partial charge in [-0.1, -0.05) is 34.1 Å². The molecule has 1 amide bonds. The maximum absolute atomic E-state index is 11.8. The minimum atomic E-state index is -0.429. The molecule has 5 heteroatoms. The number of hydrogen-bond acceptors (Lipinski definition) is 3. The molecule has 1 atom stereocenters. The third kappa shape index (κ3) is 2.52. The number of hydrogen-bond donors (Lipinski definition) is 1. The zero-order valence-electron chi connectivity index (χ0n) is 10.2. The molecule has 0 saturated carbocycles.